The number of ketones is 1. The van der Waals surface area contributed by atoms with E-state index in [9.17, 15) is 14.4 Å². The minimum Gasteiger partial charge on any atom is -0.465 e. The molecule has 1 rings (SSSR count). The largest absolute Gasteiger partial charge is 0.465 e. The number of hydrogen-bond donors (Lipinski definition) is 1. The Morgan fingerprint density at radius 2 is 1.55 bits per heavy atom. The van der Waals surface area contributed by atoms with Crippen LogP contribution in [0, 0.1) is 0 Å². The number of ether oxygens (including phenoxy) is 2. The molecule has 0 radical (unpaired) electrons. The molecule has 0 saturated heterocycles. The lowest BCUT2D eigenvalue weighted by Crippen LogP contribution is -2.17. The topological polar surface area (TPSA) is 95.7 Å². The van der Waals surface area contributed by atoms with Crippen molar-refractivity contribution < 1.29 is 23.9 Å². The Balaban J connectivity index is 3.06. The summed E-state index contributed by atoms with van der Waals surface area (Å²) in [5, 5.41) is 0. The van der Waals surface area contributed by atoms with Crippen molar-refractivity contribution in [1.29, 1.82) is 0 Å². The molecule has 106 valence electrons. The Bertz CT molecular complexity index is 527. The van der Waals surface area contributed by atoms with Gasteiger partial charge in [-0.3, -0.25) is 4.79 Å². The SMILES string of the molecule is COC(=O)C(=CC(=O)c1ccc(CN)cc1)C(=O)OC. The van der Waals surface area contributed by atoms with Gasteiger partial charge in [-0.1, -0.05) is 24.3 Å². The van der Waals surface area contributed by atoms with Crippen LogP contribution >= 0.6 is 0 Å². The number of esters is 2. The number of hydrogen-bond acceptors (Lipinski definition) is 6. The molecule has 0 spiro atoms. The Kier molecular flexibility index (Phi) is 5.61. The van der Waals surface area contributed by atoms with Crippen molar-refractivity contribution in [3.8, 4) is 0 Å². The lowest BCUT2D eigenvalue weighted by Gasteiger charge is -2.03. The van der Waals surface area contributed by atoms with Gasteiger partial charge in [0.15, 0.2) is 5.78 Å². The molecule has 0 bridgehead atoms. The Morgan fingerprint density at radius 3 is 1.95 bits per heavy atom. The van der Waals surface area contributed by atoms with Gasteiger partial charge in [0.25, 0.3) is 0 Å². The van der Waals surface area contributed by atoms with Crippen LogP contribution in [-0.4, -0.2) is 31.9 Å². The lowest BCUT2D eigenvalue weighted by atomic mass is 10.1. The fourth-order valence-electron chi connectivity index (χ4n) is 1.44. The van der Waals surface area contributed by atoms with E-state index in [1.165, 1.54) is 0 Å². The van der Waals surface area contributed by atoms with E-state index in [0.29, 0.717) is 12.1 Å². The third-order valence-electron chi connectivity index (χ3n) is 2.56. The number of allylic oxidation sites excluding steroid dienone is 1. The van der Waals surface area contributed by atoms with Crippen molar-refractivity contribution in [3.05, 3.63) is 47.0 Å². The molecule has 0 aromatic heterocycles. The highest BCUT2D eigenvalue weighted by atomic mass is 16.5. The maximum atomic E-state index is 12.0. The maximum absolute atomic E-state index is 12.0. The Labute approximate surface area is 116 Å². The molecule has 1 aromatic rings. The fourth-order valence-corrected chi connectivity index (χ4v) is 1.44. The van der Waals surface area contributed by atoms with E-state index in [4.69, 9.17) is 5.73 Å². The summed E-state index contributed by atoms with van der Waals surface area (Å²) in [5.41, 5.74) is 6.19. The minimum absolute atomic E-state index is 0.326. The van der Waals surface area contributed by atoms with Crippen LogP contribution < -0.4 is 5.73 Å². The molecule has 0 amide bonds. The Morgan fingerprint density at radius 1 is 1.05 bits per heavy atom. The minimum atomic E-state index is -0.927. The van der Waals surface area contributed by atoms with Crippen molar-refractivity contribution in [2.24, 2.45) is 5.73 Å². The molecule has 6 nitrogen and oxygen atoms in total. The van der Waals surface area contributed by atoms with Gasteiger partial charge in [-0.2, -0.15) is 0 Å². The summed E-state index contributed by atoms with van der Waals surface area (Å²) < 4.78 is 8.86. The van der Waals surface area contributed by atoms with Gasteiger partial charge in [-0.25, -0.2) is 9.59 Å². The number of carbonyl (C=O) groups is 3. The predicted octanol–water partition coefficient (Wildman–Crippen LogP) is 0.600. The first kappa shape index (κ1) is 15.6. The van der Waals surface area contributed by atoms with Crippen LogP contribution in [0.15, 0.2) is 35.9 Å². The average Bonchev–Trinajstić information content (AvgIpc) is 2.50. The fraction of sp³-hybridized carbons (Fsp3) is 0.214. The number of nitrogens with two attached hydrogens (primary N) is 1. The molecule has 0 saturated carbocycles. The molecule has 0 atom stereocenters. The van der Waals surface area contributed by atoms with E-state index in [1.807, 2.05) is 0 Å². The predicted molar refractivity (Wildman–Crippen MR) is 70.8 cm³/mol. The molecule has 0 aliphatic heterocycles. The van der Waals surface area contributed by atoms with Gasteiger partial charge in [0.1, 0.15) is 5.57 Å². The summed E-state index contributed by atoms with van der Waals surface area (Å²) in [7, 11) is 2.22. The van der Waals surface area contributed by atoms with Crippen molar-refractivity contribution in [2.45, 2.75) is 6.54 Å². The summed E-state index contributed by atoms with van der Waals surface area (Å²) >= 11 is 0. The highest BCUT2D eigenvalue weighted by Gasteiger charge is 2.21. The highest BCUT2D eigenvalue weighted by molar-refractivity contribution is 6.20. The monoisotopic (exact) mass is 277 g/mol. The molecule has 0 unspecified atom stereocenters. The van der Waals surface area contributed by atoms with Crippen LogP contribution in [0.2, 0.25) is 0 Å². The third kappa shape index (κ3) is 3.76. The smallest absolute Gasteiger partial charge is 0.345 e. The van der Waals surface area contributed by atoms with E-state index < -0.39 is 23.3 Å². The standard InChI is InChI=1S/C14H15NO5/c1-19-13(17)11(14(18)20-2)7-12(16)10-5-3-9(8-15)4-6-10/h3-7H,8,15H2,1-2H3. The molecular weight excluding hydrogens is 262 g/mol. The van der Waals surface area contributed by atoms with Gasteiger partial charge in [-0.05, 0) is 5.56 Å². The van der Waals surface area contributed by atoms with Crippen LogP contribution in [0.5, 0.6) is 0 Å². The molecule has 0 heterocycles. The summed E-state index contributed by atoms with van der Waals surface area (Å²) in [5.74, 6) is -2.35. The van der Waals surface area contributed by atoms with E-state index in [1.54, 1.807) is 24.3 Å². The zero-order valence-corrected chi connectivity index (χ0v) is 11.2. The first-order valence-corrected chi connectivity index (χ1v) is 5.75. The quantitative estimate of drug-likeness (QED) is 0.278. The number of rotatable bonds is 5. The van der Waals surface area contributed by atoms with Crippen LogP contribution in [0.1, 0.15) is 15.9 Å². The molecule has 6 heteroatoms. The third-order valence-corrected chi connectivity index (χ3v) is 2.56. The molecular formula is C14H15NO5. The van der Waals surface area contributed by atoms with Crippen LogP contribution in [0.25, 0.3) is 0 Å². The van der Waals surface area contributed by atoms with Crippen molar-refractivity contribution in [1.82, 2.24) is 0 Å². The zero-order valence-electron chi connectivity index (χ0n) is 11.2. The molecule has 0 fully saturated rings. The van der Waals surface area contributed by atoms with E-state index in [0.717, 1.165) is 25.9 Å². The molecule has 0 aliphatic carbocycles. The van der Waals surface area contributed by atoms with Gasteiger partial charge in [0, 0.05) is 18.2 Å². The second kappa shape index (κ2) is 7.20. The lowest BCUT2D eigenvalue weighted by molar-refractivity contribution is -0.144. The number of carbonyl (C=O) groups excluding carboxylic acids is 3. The molecule has 20 heavy (non-hydrogen) atoms. The highest BCUT2D eigenvalue weighted by Crippen LogP contribution is 2.09. The number of methoxy groups -OCH3 is 2. The summed E-state index contributed by atoms with van der Waals surface area (Å²) in [4.78, 5) is 34.8. The van der Waals surface area contributed by atoms with Gasteiger partial charge >= 0.3 is 11.9 Å². The van der Waals surface area contributed by atoms with Crippen LogP contribution in [-0.2, 0) is 25.6 Å². The second-order valence-corrected chi connectivity index (χ2v) is 3.81. The first-order valence-electron chi connectivity index (χ1n) is 5.75. The van der Waals surface area contributed by atoms with Gasteiger partial charge in [0.05, 0.1) is 14.2 Å². The maximum Gasteiger partial charge on any atom is 0.345 e. The Hall–Kier alpha value is -2.47. The molecule has 2 N–H and O–H groups in total. The van der Waals surface area contributed by atoms with Gasteiger partial charge < -0.3 is 15.2 Å². The molecule has 0 aliphatic rings. The summed E-state index contributed by atoms with van der Waals surface area (Å²) in [6.45, 7) is 0.361. The zero-order chi connectivity index (χ0) is 15.1. The van der Waals surface area contributed by atoms with Crippen LogP contribution in [0.3, 0.4) is 0 Å². The van der Waals surface area contributed by atoms with Crippen molar-refractivity contribution in [2.75, 3.05) is 14.2 Å². The first-order chi connectivity index (χ1) is 9.53. The van der Waals surface area contributed by atoms with E-state index in [-0.39, 0.29) is 0 Å². The number of benzene rings is 1. The van der Waals surface area contributed by atoms with E-state index >= 15 is 0 Å². The summed E-state index contributed by atoms with van der Waals surface area (Å²) in [6, 6.07) is 6.51. The molecule has 1 aromatic carbocycles. The van der Waals surface area contributed by atoms with Crippen molar-refractivity contribution >= 4 is 17.7 Å². The normalized spacial score (nSPS) is 9.55. The summed E-state index contributed by atoms with van der Waals surface area (Å²) in [6.07, 6.45) is 0.898. The van der Waals surface area contributed by atoms with Crippen molar-refractivity contribution in [3.63, 3.8) is 0 Å². The van der Waals surface area contributed by atoms with Gasteiger partial charge in [0.2, 0.25) is 0 Å². The second-order valence-electron chi connectivity index (χ2n) is 3.81. The van der Waals surface area contributed by atoms with Gasteiger partial charge in [-0.15, -0.1) is 0 Å². The average molecular weight is 277 g/mol. The van der Waals surface area contributed by atoms with E-state index in [2.05, 4.69) is 9.47 Å². The van der Waals surface area contributed by atoms with Crippen LogP contribution in [0.4, 0.5) is 0 Å².